The van der Waals surface area contributed by atoms with Crippen LogP contribution in [0.25, 0.3) is 0 Å². The number of hydrogen-bond acceptors (Lipinski definition) is 2. The second-order valence-corrected chi connectivity index (χ2v) is 3.58. The zero-order valence-corrected chi connectivity index (χ0v) is 7.76. The second kappa shape index (κ2) is 3.07. The van der Waals surface area contributed by atoms with Gasteiger partial charge >= 0.3 is 0 Å². The molecule has 3 aliphatic heterocycles. The maximum atomic E-state index is 5.65. The summed E-state index contributed by atoms with van der Waals surface area (Å²) in [5.41, 5.74) is 2.43. The zero-order chi connectivity index (χ0) is 9.38. The maximum Gasteiger partial charge on any atom is 0.102 e. The molecule has 0 aliphatic carbocycles. The molecule has 3 aliphatic rings. The predicted molar refractivity (Wildman–Crippen MR) is 56.2 cm³/mol. The highest BCUT2D eigenvalue weighted by Crippen LogP contribution is 2.33. The molecule has 2 heteroatoms. The van der Waals surface area contributed by atoms with Gasteiger partial charge in [-0.25, -0.2) is 0 Å². The highest BCUT2D eigenvalue weighted by molar-refractivity contribution is 5.63. The molecule has 2 unspecified atom stereocenters. The molecule has 0 aromatic heterocycles. The molecule has 70 valence electrons. The summed E-state index contributed by atoms with van der Waals surface area (Å²) in [5.74, 6) is 0. The van der Waals surface area contributed by atoms with Crippen molar-refractivity contribution in [2.45, 2.75) is 18.6 Å². The van der Waals surface area contributed by atoms with Gasteiger partial charge in [-0.15, -0.1) is 0 Å². The van der Waals surface area contributed by atoms with Crippen molar-refractivity contribution < 1.29 is 4.74 Å². The number of rotatable bonds is 1. The third-order valence-electron chi connectivity index (χ3n) is 2.62. The second-order valence-electron chi connectivity index (χ2n) is 3.58. The Bertz CT molecular complexity index is 399. The fraction of sp³-hybridized carbons (Fsp3) is 0.250. The Morgan fingerprint density at radius 2 is 2.36 bits per heavy atom. The van der Waals surface area contributed by atoms with Crippen molar-refractivity contribution in [3.8, 4) is 0 Å². The summed E-state index contributed by atoms with van der Waals surface area (Å²) < 4.78 is 5.65. The Kier molecular flexibility index (Phi) is 1.74. The van der Waals surface area contributed by atoms with Crippen LogP contribution in [-0.2, 0) is 4.74 Å². The molecule has 0 aromatic rings. The Labute approximate surface area is 83.0 Å². The van der Waals surface area contributed by atoms with E-state index in [4.69, 9.17) is 4.74 Å². The largest absolute Gasteiger partial charge is 0.358 e. The van der Waals surface area contributed by atoms with E-state index in [9.17, 15) is 0 Å². The Morgan fingerprint density at radius 3 is 3.14 bits per heavy atom. The van der Waals surface area contributed by atoms with Gasteiger partial charge < -0.3 is 4.74 Å². The highest BCUT2D eigenvalue weighted by Gasteiger charge is 2.29. The highest BCUT2D eigenvalue weighted by atomic mass is 16.5. The predicted octanol–water partition coefficient (Wildman–Crippen LogP) is 2.16. The Balaban J connectivity index is 1.93. The summed E-state index contributed by atoms with van der Waals surface area (Å²) in [6, 6.07) is 0. The van der Waals surface area contributed by atoms with Crippen molar-refractivity contribution in [2.24, 2.45) is 4.99 Å². The lowest BCUT2D eigenvalue weighted by Crippen LogP contribution is -2.04. The minimum absolute atomic E-state index is 0.157. The van der Waals surface area contributed by atoms with Gasteiger partial charge in [0, 0.05) is 18.8 Å². The number of fused-ring (bicyclic) bond motifs is 2. The summed E-state index contributed by atoms with van der Waals surface area (Å²) in [5, 5.41) is 0. The monoisotopic (exact) mass is 185 g/mol. The average molecular weight is 185 g/mol. The van der Waals surface area contributed by atoms with E-state index in [0.29, 0.717) is 0 Å². The van der Waals surface area contributed by atoms with Gasteiger partial charge in [0.25, 0.3) is 0 Å². The van der Waals surface area contributed by atoms with Crippen LogP contribution >= 0.6 is 0 Å². The molecule has 2 nitrogen and oxygen atoms in total. The lowest BCUT2D eigenvalue weighted by molar-refractivity contribution is 0.133. The van der Waals surface area contributed by atoms with Gasteiger partial charge in [-0.05, 0) is 17.2 Å². The minimum atomic E-state index is 0.157. The lowest BCUT2D eigenvalue weighted by Gasteiger charge is -2.08. The summed E-state index contributed by atoms with van der Waals surface area (Å²) in [6.07, 6.45) is 15.7. The molecule has 0 N–H and O–H groups in total. The molecule has 0 saturated heterocycles. The van der Waals surface area contributed by atoms with Crippen molar-refractivity contribution >= 4 is 6.21 Å². The molecule has 2 atom stereocenters. The minimum Gasteiger partial charge on any atom is -0.358 e. The molecule has 3 heterocycles. The molecule has 0 spiro atoms. The maximum absolute atomic E-state index is 5.65. The number of hydrogen-bond donors (Lipinski definition) is 0. The van der Waals surface area contributed by atoms with Crippen LogP contribution in [0.3, 0.4) is 0 Å². The molecule has 0 radical (unpaired) electrons. The van der Waals surface area contributed by atoms with Crippen LogP contribution in [-0.4, -0.2) is 18.4 Å². The molecule has 0 amide bonds. The molecule has 0 saturated carbocycles. The van der Waals surface area contributed by atoms with Gasteiger partial charge in [0.05, 0.1) is 6.10 Å². The van der Waals surface area contributed by atoms with Gasteiger partial charge in [-0.2, -0.15) is 0 Å². The number of ether oxygens (including phenoxy) is 1. The lowest BCUT2D eigenvalue weighted by atomic mass is 9.98. The first-order valence-electron chi connectivity index (χ1n) is 4.88. The van der Waals surface area contributed by atoms with E-state index in [1.165, 1.54) is 11.1 Å². The molecule has 2 bridgehead atoms. The van der Waals surface area contributed by atoms with Crippen molar-refractivity contribution in [3.63, 3.8) is 0 Å². The van der Waals surface area contributed by atoms with E-state index < -0.39 is 0 Å². The smallest absolute Gasteiger partial charge is 0.102 e. The van der Waals surface area contributed by atoms with Crippen molar-refractivity contribution in [1.82, 2.24) is 0 Å². The molecule has 14 heavy (non-hydrogen) atoms. The van der Waals surface area contributed by atoms with E-state index in [1.807, 2.05) is 12.4 Å². The fourth-order valence-electron chi connectivity index (χ4n) is 1.94. The molecular weight excluding hydrogens is 174 g/mol. The number of nitrogens with zero attached hydrogens (tertiary/aromatic N) is 1. The summed E-state index contributed by atoms with van der Waals surface area (Å²) in [6.45, 7) is 0. The van der Waals surface area contributed by atoms with Crippen LogP contribution in [0, 0.1) is 0 Å². The Hall–Kier alpha value is -1.41. The van der Waals surface area contributed by atoms with Crippen LogP contribution in [0.2, 0.25) is 0 Å². The third-order valence-corrected chi connectivity index (χ3v) is 2.62. The molecule has 3 rings (SSSR count). The SMILES string of the molecule is C1=CC(C2=CC3C=CC2O3)=CN=CC1. The average Bonchev–Trinajstić information content (AvgIpc) is 2.72. The normalized spacial score (nSPS) is 33.1. The molecule has 0 aromatic carbocycles. The molecule has 0 fully saturated rings. The number of allylic oxidation sites excluding steroid dienone is 2. The van der Waals surface area contributed by atoms with Gasteiger partial charge in [-0.3, -0.25) is 4.99 Å². The van der Waals surface area contributed by atoms with E-state index >= 15 is 0 Å². The summed E-state index contributed by atoms with van der Waals surface area (Å²) in [7, 11) is 0. The zero-order valence-electron chi connectivity index (χ0n) is 7.76. The van der Waals surface area contributed by atoms with Gasteiger partial charge in [0.2, 0.25) is 0 Å². The van der Waals surface area contributed by atoms with E-state index in [-0.39, 0.29) is 12.2 Å². The topological polar surface area (TPSA) is 21.6 Å². The van der Waals surface area contributed by atoms with Crippen LogP contribution < -0.4 is 0 Å². The van der Waals surface area contributed by atoms with E-state index in [0.717, 1.165) is 6.42 Å². The Morgan fingerprint density at radius 1 is 1.36 bits per heavy atom. The van der Waals surface area contributed by atoms with E-state index in [2.05, 4.69) is 35.4 Å². The van der Waals surface area contributed by atoms with Crippen LogP contribution in [0.4, 0.5) is 0 Å². The van der Waals surface area contributed by atoms with Crippen LogP contribution in [0.1, 0.15) is 6.42 Å². The quantitative estimate of drug-likeness (QED) is 0.574. The van der Waals surface area contributed by atoms with Gasteiger partial charge in [0.1, 0.15) is 6.10 Å². The standard InChI is InChI=1S/C12H11NO/c1-2-6-13-8-9(3-1)11-7-10-4-5-12(11)14-10/h1,3-8,10,12H,2H2. The summed E-state index contributed by atoms with van der Waals surface area (Å²) in [4.78, 5) is 4.21. The first kappa shape index (κ1) is 7.94. The third kappa shape index (κ3) is 1.19. The number of aliphatic imine (C=N–C) groups is 1. The first-order valence-corrected chi connectivity index (χ1v) is 4.88. The van der Waals surface area contributed by atoms with Crippen molar-refractivity contribution in [1.29, 1.82) is 0 Å². The first-order chi connectivity index (χ1) is 6.93. The van der Waals surface area contributed by atoms with Gasteiger partial charge in [-0.1, -0.05) is 24.3 Å². The van der Waals surface area contributed by atoms with Gasteiger partial charge in [0.15, 0.2) is 0 Å². The summed E-state index contributed by atoms with van der Waals surface area (Å²) >= 11 is 0. The van der Waals surface area contributed by atoms with Crippen molar-refractivity contribution in [2.75, 3.05) is 0 Å². The fourth-order valence-corrected chi connectivity index (χ4v) is 1.94. The van der Waals surface area contributed by atoms with Crippen LogP contribution in [0.5, 0.6) is 0 Å². The van der Waals surface area contributed by atoms with E-state index in [1.54, 1.807) is 0 Å². The molecular formula is C12H11NO. The van der Waals surface area contributed by atoms with Crippen molar-refractivity contribution in [3.05, 3.63) is 47.7 Å². The van der Waals surface area contributed by atoms with Crippen LogP contribution in [0.15, 0.2) is 52.7 Å².